The van der Waals surface area contributed by atoms with E-state index in [9.17, 15) is 0 Å². The minimum Gasteiger partial charge on any atom is -0.495 e. The van der Waals surface area contributed by atoms with E-state index in [-0.39, 0.29) is 4.83 Å². The first-order valence-corrected chi connectivity index (χ1v) is 6.92. The zero-order chi connectivity index (χ0) is 12.4. The molecule has 1 aromatic carbocycles. The maximum absolute atomic E-state index is 6.09. The van der Waals surface area contributed by atoms with Crippen molar-refractivity contribution in [3.8, 4) is 5.75 Å². The Balaban J connectivity index is 2.35. The van der Waals surface area contributed by atoms with Crippen LogP contribution < -0.4 is 4.74 Å². The van der Waals surface area contributed by atoms with Crippen molar-refractivity contribution in [1.82, 2.24) is 0 Å². The molecule has 0 radical (unpaired) electrons. The van der Waals surface area contributed by atoms with Crippen LogP contribution in [0.25, 0.3) is 0 Å². The molecule has 0 fully saturated rings. The molecule has 90 valence electrons. The van der Waals surface area contributed by atoms with Crippen LogP contribution in [0.4, 0.5) is 0 Å². The van der Waals surface area contributed by atoms with Crippen LogP contribution in [0.15, 0.2) is 39.6 Å². The molecule has 2 nitrogen and oxygen atoms in total. The van der Waals surface area contributed by atoms with Gasteiger partial charge in [0.1, 0.15) is 5.75 Å². The zero-order valence-corrected chi connectivity index (χ0v) is 12.8. The lowest BCUT2D eigenvalue weighted by Gasteiger charge is -2.11. The molecule has 0 aliphatic rings. The number of halogens is 3. The van der Waals surface area contributed by atoms with E-state index >= 15 is 0 Å². The van der Waals surface area contributed by atoms with Crippen molar-refractivity contribution >= 4 is 43.5 Å². The van der Waals surface area contributed by atoms with Gasteiger partial charge in [-0.2, -0.15) is 0 Å². The molecule has 2 rings (SSSR count). The van der Waals surface area contributed by atoms with E-state index in [1.54, 1.807) is 13.4 Å². The maximum atomic E-state index is 6.09. The first-order chi connectivity index (χ1) is 8.13. The van der Waals surface area contributed by atoms with Crippen molar-refractivity contribution in [2.75, 3.05) is 7.11 Å². The molecular formula is C12H9Br2ClO2. The van der Waals surface area contributed by atoms with E-state index in [4.69, 9.17) is 20.8 Å². The number of alkyl halides is 1. The number of furan rings is 1. The lowest BCUT2D eigenvalue weighted by atomic mass is 10.1. The third-order valence-electron chi connectivity index (χ3n) is 2.39. The van der Waals surface area contributed by atoms with E-state index in [1.165, 1.54) is 0 Å². The standard InChI is InChI=1S/C12H9Br2ClO2/c1-16-10-3-2-7(6-9(10)15)11(13)8-4-5-17-12(8)14/h2-6,11H,1H3. The van der Waals surface area contributed by atoms with Gasteiger partial charge in [0.15, 0.2) is 4.67 Å². The monoisotopic (exact) mass is 378 g/mol. The molecule has 1 aromatic heterocycles. The highest BCUT2D eigenvalue weighted by molar-refractivity contribution is 9.10. The summed E-state index contributed by atoms with van der Waals surface area (Å²) in [6, 6.07) is 7.59. The Labute approximate surface area is 121 Å². The Kier molecular flexibility index (Phi) is 4.17. The average molecular weight is 380 g/mol. The number of hydrogen-bond acceptors (Lipinski definition) is 2. The fourth-order valence-electron chi connectivity index (χ4n) is 1.50. The van der Waals surface area contributed by atoms with Crippen LogP contribution >= 0.6 is 43.5 Å². The molecule has 1 atom stereocenters. The SMILES string of the molecule is COc1ccc(C(Br)c2ccoc2Br)cc1Cl. The molecule has 2 aromatic rings. The van der Waals surface area contributed by atoms with Gasteiger partial charge in [0.25, 0.3) is 0 Å². The highest BCUT2D eigenvalue weighted by atomic mass is 79.9. The average Bonchev–Trinajstić information content (AvgIpc) is 2.74. The lowest BCUT2D eigenvalue weighted by Crippen LogP contribution is -1.93. The maximum Gasteiger partial charge on any atom is 0.173 e. The first-order valence-electron chi connectivity index (χ1n) is 4.84. The van der Waals surface area contributed by atoms with Crippen molar-refractivity contribution in [3.63, 3.8) is 0 Å². The van der Waals surface area contributed by atoms with Gasteiger partial charge in [0.05, 0.1) is 23.2 Å². The molecule has 1 unspecified atom stereocenters. The van der Waals surface area contributed by atoms with Crippen molar-refractivity contribution in [1.29, 1.82) is 0 Å². The highest BCUT2D eigenvalue weighted by Crippen LogP contribution is 2.38. The van der Waals surface area contributed by atoms with Gasteiger partial charge in [0.2, 0.25) is 0 Å². The predicted octanol–water partition coefficient (Wildman–Crippen LogP) is 5.19. The van der Waals surface area contributed by atoms with Crippen LogP contribution in [0.1, 0.15) is 16.0 Å². The number of benzene rings is 1. The fourth-order valence-corrected chi connectivity index (χ4v) is 3.19. The van der Waals surface area contributed by atoms with Gasteiger partial charge in [-0.05, 0) is 39.7 Å². The van der Waals surface area contributed by atoms with Crippen LogP contribution in [0, 0.1) is 0 Å². The molecule has 0 N–H and O–H groups in total. The van der Waals surface area contributed by atoms with Crippen molar-refractivity contribution < 1.29 is 9.15 Å². The number of methoxy groups -OCH3 is 1. The zero-order valence-electron chi connectivity index (χ0n) is 8.91. The largest absolute Gasteiger partial charge is 0.495 e. The van der Waals surface area contributed by atoms with E-state index in [0.29, 0.717) is 15.4 Å². The number of ether oxygens (including phenoxy) is 1. The van der Waals surface area contributed by atoms with E-state index in [1.807, 2.05) is 24.3 Å². The molecule has 0 saturated heterocycles. The summed E-state index contributed by atoms with van der Waals surface area (Å²) in [7, 11) is 1.60. The summed E-state index contributed by atoms with van der Waals surface area (Å²) in [5.41, 5.74) is 2.06. The smallest absolute Gasteiger partial charge is 0.173 e. The van der Waals surface area contributed by atoms with Gasteiger partial charge in [-0.1, -0.05) is 33.6 Å². The van der Waals surface area contributed by atoms with Gasteiger partial charge in [-0.15, -0.1) is 0 Å². The molecule has 1 heterocycles. The van der Waals surface area contributed by atoms with Gasteiger partial charge in [0, 0.05) is 5.56 Å². The Morgan fingerprint density at radius 2 is 2.12 bits per heavy atom. The Morgan fingerprint density at radius 3 is 2.65 bits per heavy atom. The molecule has 0 aliphatic carbocycles. The van der Waals surface area contributed by atoms with Gasteiger partial charge in [-0.3, -0.25) is 0 Å². The summed E-state index contributed by atoms with van der Waals surface area (Å²) >= 11 is 13.1. The summed E-state index contributed by atoms with van der Waals surface area (Å²) in [5.74, 6) is 0.668. The van der Waals surface area contributed by atoms with Gasteiger partial charge in [-0.25, -0.2) is 0 Å². The summed E-state index contributed by atoms with van der Waals surface area (Å²) in [5, 5.41) is 0.592. The molecule has 0 amide bonds. The van der Waals surface area contributed by atoms with E-state index in [2.05, 4.69) is 31.9 Å². The summed E-state index contributed by atoms with van der Waals surface area (Å²) in [4.78, 5) is 0.0269. The quantitative estimate of drug-likeness (QED) is 0.684. The summed E-state index contributed by atoms with van der Waals surface area (Å²) < 4.78 is 11.0. The normalized spacial score (nSPS) is 12.5. The third-order valence-corrected chi connectivity index (χ3v) is 4.35. The molecule has 0 spiro atoms. The minimum absolute atomic E-state index is 0.0269. The van der Waals surface area contributed by atoms with Gasteiger partial charge < -0.3 is 9.15 Å². The van der Waals surface area contributed by atoms with Crippen molar-refractivity contribution in [2.24, 2.45) is 0 Å². The molecule has 0 aliphatic heterocycles. The molecule has 0 bridgehead atoms. The predicted molar refractivity (Wildman–Crippen MR) is 75.2 cm³/mol. The van der Waals surface area contributed by atoms with Crippen LogP contribution in [0.3, 0.4) is 0 Å². The Morgan fingerprint density at radius 1 is 1.35 bits per heavy atom. The summed E-state index contributed by atoms with van der Waals surface area (Å²) in [6.45, 7) is 0. The number of rotatable bonds is 3. The molecule has 5 heteroatoms. The second kappa shape index (κ2) is 5.46. The second-order valence-electron chi connectivity index (χ2n) is 3.41. The third kappa shape index (κ3) is 2.69. The van der Waals surface area contributed by atoms with Crippen molar-refractivity contribution in [2.45, 2.75) is 4.83 Å². The molecular weight excluding hydrogens is 371 g/mol. The van der Waals surface area contributed by atoms with Crippen LogP contribution in [-0.2, 0) is 0 Å². The van der Waals surface area contributed by atoms with E-state index < -0.39 is 0 Å². The Hall–Kier alpha value is -0.450. The summed E-state index contributed by atoms with van der Waals surface area (Å²) in [6.07, 6.45) is 1.64. The highest BCUT2D eigenvalue weighted by Gasteiger charge is 2.16. The van der Waals surface area contributed by atoms with Crippen LogP contribution in [-0.4, -0.2) is 7.11 Å². The topological polar surface area (TPSA) is 22.4 Å². The second-order valence-corrected chi connectivity index (χ2v) is 5.45. The number of hydrogen-bond donors (Lipinski definition) is 0. The van der Waals surface area contributed by atoms with Crippen LogP contribution in [0.5, 0.6) is 5.75 Å². The van der Waals surface area contributed by atoms with Crippen LogP contribution in [0.2, 0.25) is 5.02 Å². The van der Waals surface area contributed by atoms with Gasteiger partial charge >= 0.3 is 0 Å². The fraction of sp³-hybridized carbons (Fsp3) is 0.167. The molecule has 17 heavy (non-hydrogen) atoms. The lowest BCUT2D eigenvalue weighted by molar-refractivity contribution is 0.415. The van der Waals surface area contributed by atoms with Crippen molar-refractivity contribution in [3.05, 3.63) is 51.3 Å². The first kappa shape index (κ1) is 13.0. The minimum atomic E-state index is 0.0269. The Bertz CT molecular complexity index is 525. The molecule has 0 saturated carbocycles. The van der Waals surface area contributed by atoms with E-state index in [0.717, 1.165) is 11.1 Å².